The molecule has 1 saturated heterocycles. The molecular formula is C17H24N2O2. The summed E-state index contributed by atoms with van der Waals surface area (Å²) >= 11 is 0. The third kappa shape index (κ3) is 3.63. The summed E-state index contributed by atoms with van der Waals surface area (Å²) in [6.07, 6.45) is 2.07. The van der Waals surface area contributed by atoms with Crippen LogP contribution in [-0.4, -0.2) is 29.8 Å². The van der Waals surface area contributed by atoms with Crippen LogP contribution in [-0.2, 0) is 16.1 Å². The minimum atomic E-state index is -1.00. The standard InChI is InChI=1S/C17H24N2O2/c1-13-6-8-14(9-7-13)12-18-15(20)17(2,3)16(21)19-10-4-5-11-19/h6-9H,4-5,10-12H2,1-3H3,(H,18,20). The van der Waals surface area contributed by atoms with Crippen molar-refractivity contribution in [2.75, 3.05) is 13.1 Å². The van der Waals surface area contributed by atoms with E-state index < -0.39 is 5.41 Å². The minimum absolute atomic E-state index is 0.0681. The molecule has 114 valence electrons. The van der Waals surface area contributed by atoms with E-state index in [1.807, 2.05) is 31.2 Å². The highest BCUT2D eigenvalue weighted by Crippen LogP contribution is 2.22. The minimum Gasteiger partial charge on any atom is -0.351 e. The van der Waals surface area contributed by atoms with Crippen LogP contribution in [0.3, 0.4) is 0 Å². The van der Waals surface area contributed by atoms with E-state index >= 15 is 0 Å². The van der Waals surface area contributed by atoms with E-state index in [4.69, 9.17) is 0 Å². The largest absolute Gasteiger partial charge is 0.351 e. The Morgan fingerprint density at radius 2 is 1.71 bits per heavy atom. The van der Waals surface area contributed by atoms with Crippen molar-refractivity contribution in [3.8, 4) is 0 Å². The maximum atomic E-state index is 12.4. The van der Waals surface area contributed by atoms with Gasteiger partial charge in [-0.05, 0) is 39.2 Å². The first kappa shape index (κ1) is 15.5. The predicted octanol–water partition coefficient (Wildman–Crippen LogP) is 2.26. The number of carbonyl (C=O) groups excluding carboxylic acids is 2. The second-order valence-electron chi connectivity index (χ2n) is 6.29. The van der Waals surface area contributed by atoms with Crippen LogP contribution < -0.4 is 5.32 Å². The van der Waals surface area contributed by atoms with Crippen LogP contribution in [0, 0.1) is 12.3 Å². The summed E-state index contributed by atoms with van der Waals surface area (Å²) in [7, 11) is 0. The van der Waals surface area contributed by atoms with Gasteiger partial charge in [0.15, 0.2) is 0 Å². The summed E-state index contributed by atoms with van der Waals surface area (Å²) in [5.74, 6) is -0.276. The molecule has 0 atom stereocenters. The summed E-state index contributed by atoms with van der Waals surface area (Å²) in [4.78, 5) is 26.6. The van der Waals surface area contributed by atoms with Gasteiger partial charge in [-0.1, -0.05) is 29.8 Å². The topological polar surface area (TPSA) is 49.4 Å². The molecule has 2 rings (SSSR count). The lowest BCUT2D eigenvalue weighted by Gasteiger charge is -2.28. The molecule has 0 bridgehead atoms. The maximum absolute atomic E-state index is 12.4. The number of nitrogens with zero attached hydrogens (tertiary/aromatic N) is 1. The first-order valence-electron chi connectivity index (χ1n) is 7.54. The van der Waals surface area contributed by atoms with Crippen LogP contribution >= 0.6 is 0 Å². The summed E-state index contributed by atoms with van der Waals surface area (Å²) in [5, 5.41) is 2.88. The van der Waals surface area contributed by atoms with Gasteiger partial charge in [0, 0.05) is 19.6 Å². The van der Waals surface area contributed by atoms with Crippen molar-refractivity contribution in [2.24, 2.45) is 5.41 Å². The molecule has 1 aromatic carbocycles. The van der Waals surface area contributed by atoms with E-state index in [1.54, 1.807) is 18.7 Å². The number of hydrogen-bond donors (Lipinski definition) is 1. The molecule has 0 saturated carbocycles. The SMILES string of the molecule is Cc1ccc(CNC(=O)C(C)(C)C(=O)N2CCCC2)cc1. The van der Waals surface area contributed by atoms with Crippen molar-refractivity contribution in [1.82, 2.24) is 10.2 Å². The van der Waals surface area contributed by atoms with Gasteiger partial charge >= 0.3 is 0 Å². The highest BCUT2D eigenvalue weighted by molar-refractivity contribution is 6.04. The summed E-state index contributed by atoms with van der Waals surface area (Å²) in [6, 6.07) is 8.01. The highest BCUT2D eigenvalue weighted by atomic mass is 16.2. The van der Waals surface area contributed by atoms with Gasteiger partial charge in [-0.2, -0.15) is 0 Å². The molecule has 0 unspecified atom stereocenters. The molecule has 0 radical (unpaired) electrons. The lowest BCUT2D eigenvalue weighted by atomic mass is 9.90. The van der Waals surface area contributed by atoms with Crippen molar-refractivity contribution >= 4 is 11.8 Å². The molecule has 0 spiro atoms. The van der Waals surface area contributed by atoms with Crippen molar-refractivity contribution < 1.29 is 9.59 Å². The van der Waals surface area contributed by atoms with Crippen LogP contribution in [0.25, 0.3) is 0 Å². The van der Waals surface area contributed by atoms with Crippen LogP contribution in [0.1, 0.15) is 37.8 Å². The number of amides is 2. The quantitative estimate of drug-likeness (QED) is 0.864. The third-order valence-corrected chi connectivity index (χ3v) is 4.07. The summed E-state index contributed by atoms with van der Waals surface area (Å²) in [5.41, 5.74) is 1.22. The van der Waals surface area contributed by atoms with Crippen LogP contribution in [0.15, 0.2) is 24.3 Å². The Labute approximate surface area is 126 Å². The van der Waals surface area contributed by atoms with Crippen molar-refractivity contribution in [3.05, 3.63) is 35.4 Å². The monoisotopic (exact) mass is 288 g/mol. The van der Waals surface area contributed by atoms with Gasteiger partial charge < -0.3 is 10.2 Å². The van der Waals surface area contributed by atoms with Gasteiger partial charge in [0.2, 0.25) is 11.8 Å². The van der Waals surface area contributed by atoms with E-state index in [1.165, 1.54) is 5.56 Å². The Bertz CT molecular complexity index is 514. The van der Waals surface area contributed by atoms with Gasteiger partial charge in [-0.15, -0.1) is 0 Å². The average Bonchev–Trinajstić information content (AvgIpc) is 2.99. The zero-order valence-electron chi connectivity index (χ0n) is 13.1. The van der Waals surface area contributed by atoms with Gasteiger partial charge in [-0.25, -0.2) is 0 Å². The number of aryl methyl sites for hydroxylation is 1. The first-order valence-corrected chi connectivity index (χ1v) is 7.54. The Morgan fingerprint density at radius 1 is 1.14 bits per heavy atom. The van der Waals surface area contributed by atoms with Crippen molar-refractivity contribution in [3.63, 3.8) is 0 Å². The molecule has 1 heterocycles. The zero-order chi connectivity index (χ0) is 15.5. The van der Waals surface area contributed by atoms with E-state index in [0.717, 1.165) is 31.5 Å². The number of carbonyl (C=O) groups is 2. The fourth-order valence-electron chi connectivity index (χ4n) is 2.52. The van der Waals surface area contributed by atoms with Crippen LogP contribution in [0.4, 0.5) is 0 Å². The van der Waals surface area contributed by atoms with Crippen molar-refractivity contribution in [1.29, 1.82) is 0 Å². The number of hydrogen-bond acceptors (Lipinski definition) is 2. The van der Waals surface area contributed by atoms with Gasteiger partial charge in [0.1, 0.15) is 5.41 Å². The zero-order valence-corrected chi connectivity index (χ0v) is 13.1. The number of likely N-dealkylation sites (tertiary alicyclic amines) is 1. The first-order chi connectivity index (χ1) is 9.91. The molecule has 1 aromatic rings. The normalized spacial score (nSPS) is 15.1. The van der Waals surface area contributed by atoms with E-state index in [-0.39, 0.29) is 11.8 Å². The Kier molecular flexibility index (Phi) is 4.66. The molecule has 0 aliphatic carbocycles. The summed E-state index contributed by atoms with van der Waals surface area (Å²) < 4.78 is 0. The number of benzene rings is 1. The van der Waals surface area contributed by atoms with Crippen LogP contribution in [0.2, 0.25) is 0 Å². The maximum Gasteiger partial charge on any atom is 0.237 e. The average molecular weight is 288 g/mol. The third-order valence-electron chi connectivity index (χ3n) is 4.07. The van der Waals surface area contributed by atoms with Gasteiger partial charge in [0.25, 0.3) is 0 Å². The molecular weight excluding hydrogens is 264 g/mol. The lowest BCUT2D eigenvalue weighted by Crippen LogP contribution is -2.48. The Balaban J connectivity index is 1.94. The number of nitrogens with one attached hydrogen (secondary N) is 1. The van der Waals surface area contributed by atoms with Crippen LogP contribution in [0.5, 0.6) is 0 Å². The molecule has 21 heavy (non-hydrogen) atoms. The molecule has 1 fully saturated rings. The molecule has 2 amide bonds. The lowest BCUT2D eigenvalue weighted by molar-refractivity contribution is -0.147. The Hall–Kier alpha value is -1.84. The molecule has 0 aromatic heterocycles. The fraction of sp³-hybridized carbons (Fsp3) is 0.529. The molecule has 4 heteroatoms. The van der Waals surface area contributed by atoms with Gasteiger partial charge in [0.05, 0.1) is 0 Å². The second-order valence-corrected chi connectivity index (χ2v) is 6.29. The van der Waals surface area contributed by atoms with Gasteiger partial charge in [-0.3, -0.25) is 9.59 Å². The molecule has 1 N–H and O–H groups in total. The molecule has 1 aliphatic heterocycles. The predicted molar refractivity (Wildman–Crippen MR) is 82.6 cm³/mol. The van der Waals surface area contributed by atoms with E-state index in [9.17, 15) is 9.59 Å². The van der Waals surface area contributed by atoms with E-state index in [2.05, 4.69) is 5.32 Å². The molecule has 1 aliphatic rings. The molecule has 4 nitrogen and oxygen atoms in total. The Morgan fingerprint density at radius 3 is 2.29 bits per heavy atom. The highest BCUT2D eigenvalue weighted by Gasteiger charge is 2.39. The summed E-state index contributed by atoms with van der Waals surface area (Å²) in [6.45, 7) is 7.44. The fourth-order valence-corrected chi connectivity index (χ4v) is 2.52. The second kappa shape index (κ2) is 6.29. The van der Waals surface area contributed by atoms with Crippen molar-refractivity contribution in [2.45, 2.75) is 40.2 Å². The number of rotatable bonds is 4. The smallest absolute Gasteiger partial charge is 0.237 e. The van der Waals surface area contributed by atoms with E-state index in [0.29, 0.717) is 6.54 Å².